The van der Waals surface area contributed by atoms with Crippen molar-refractivity contribution in [3.8, 4) is 0 Å². The fraction of sp³-hybridized carbons (Fsp3) is 0.923. The van der Waals surface area contributed by atoms with Crippen LogP contribution in [0.5, 0.6) is 0 Å². The summed E-state index contributed by atoms with van der Waals surface area (Å²) in [6, 6.07) is 0.203. The van der Waals surface area contributed by atoms with Crippen LogP contribution in [0.15, 0.2) is 0 Å². The van der Waals surface area contributed by atoms with E-state index < -0.39 is 11.9 Å². The smallest absolute Gasteiger partial charge is 0.163 e. The lowest BCUT2D eigenvalue weighted by molar-refractivity contribution is -0.153. The molecule has 0 spiro atoms. The Bertz CT molecular complexity index is 370. The minimum atomic E-state index is -0.638. The Morgan fingerprint density at radius 3 is 2.61 bits per heavy atom. The molecular formula is C13H21NO4. The van der Waals surface area contributed by atoms with E-state index in [0.717, 1.165) is 13.0 Å². The van der Waals surface area contributed by atoms with Gasteiger partial charge < -0.3 is 14.6 Å². The number of aliphatic hydroxyl groups excluding tert-OH is 1. The van der Waals surface area contributed by atoms with Gasteiger partial charge >= 0.3 is 0 Å². The number of Topliss-reactive ketones (excluding diaryl/α,β-unsaturated/α-hetero) is 1. The van der Waals surface area contributed by atoms with Crippen LogP contribution in [0.1, 0.15) is 27.2 Å². The monoisotopic (exact) mass is 255 g/mol. The maximum atomic E-state index is 11.5. The van der Waals surface area contributed by atoms with E-state index in [0.29, 0.717) is 6.54 Å². The molecule has 5 nitrogen and oxygen atoms in total. The Hall–Kier alpha value is -0.490. The Balaban J connectivity index is 1.82. The van der Waals surface area contributed by atoms with E-state index >= 15 is 0 Å². The normalized spacial score (nSPS) is 46.8. The summed E-state index contributed by atoms with van der Waals surface area (Å²) in [5.41, 5.74) is 0. The minimum absolute atomic E-state index is 0.0771. The molecule has 0 saturated carbocycles. The van der Waals surface area contributed by atoms with Gasteiger partial charge in [0.1, 0.15) is 18.0 Å². The highest BCUT2D eigenvalue weighted by Crippen LogP contribution is 2.41. The van der Waals surface area contributed by atoms with Crippen LogP contribution < -0.4 is 0 Å². The van der Waals surface area contributed by atoms with Crippen LogP contribution in [-0.2, 0) is 14.3 Å². The number of fused-ring (bicyclic) bond motifs is 3. The third-order valence-electron chi connectivity index (χ3n) is 4.37. The zero-order valence-corrected chi connectivity index (χ0v) is 11.1. The van der Waals surface area contributed by atoms with Crippen molar-refractivity contribution in [2.45, 2.75) is 57.3 Å². The standard InChI is InChI=1S/C13H21NO4/c1-7(15)8-4-9-11-12(18-13(2,3)17-11)10(16)6-14(9)5-8/h8-12,16H,4-6H2,1-3H3/t8-,9+,10+,11+,12-/m0/s1. The summed E-state index contributed by atoms with van der Waals surface area (Å²) in [6.45, 7) is 6.71. The number of piperidine rings is 1. The SMILES string of the molecule is CC(=O)[C@H]1C[C@@H]2[C@H]3OC(C)(C)O[C@H]3[C@H](O)CN2C1. The molecule has 0 amide bonds. The number of rotatable bonds is 1. The third-order valence-corrected chi connectivity index (χ3v) is 4.37. The lowest BCUT2D eigenvalue weighted by Crippen LogP contribution is -2.57. The van der Waals surface area contributed by atoms with E-state index in [1.807, 2.05) is 13.8 Å². The van der Waals surface area contributed by atoms with Crippen molar-refractivity contribution in [1.82, 2.24) is 4.90 Å². The topological polar surface area (TPSA) is 59.0 Å². The maximum absolute atomic E-state index is 11.5. The Kier molecular flexibility index (Phi) is 2.79. The Morgan fingerprint density at radius 2 is 1.94 bits per heavy atom. The van der Waals surface area contributed by atoms with Crippen molar-refractivity contribution in [3.63, 3.8) is 0 Å². The highest BCUT2D eigenvalue weighted by atomic mass is 16.8. The maximum Gasteiger partial charge on any atom is 0.163 e. The van der Waals surface area contributed by atoms with Gasteiger partial charge in [0.15, 0.2) is 5.79 Å². The fourth-order valence-corrected chi connectivity index (χ4v) is 3.54. The second-order valence-electron chi connectivity index (χ2n) is 6.20. The molecule has 0 bridgehead atoms. The first kappa shape index (κ1) is 12.5. The Labute approximate surface area is 107 Å². The van der Waals surface area contributed by atoms with Crippen LogP contribution in [0, 0.1) is 5.92 Å². The van der Waals surface area contributed by atoms with Crippen molar-refractivity contribution in [1.29, 1.82) is 0 Å². The molecule has 3 aliphatic rings. The van der Waals surface area contributed by atoms with E-state index in [2.05, 4.69) is 4.90 Å². The predicted octanol–water partition coefficient (Wildman–Crippen LogP) is 0.160. The molecule has 3 saturated heterocycles. The van der Waals surface area contributed by atoms with Gasteiger partial charge in [0.25, 0.3) is 0 Å². The van der Waals surface area contributed by atoms with Crippen molar-refractivity contribution in [3.05, 3.63) is 0 Å². The molecule has 3 aliphatic heterocycles. The first-order chi connectivity index (χ1) is 8.37. The molecule has 0 aromatic heterocycles. The summed E-state index contributed by atoms with van der Waals surface area (Å²) in [7, 11) is 0. The van der Waals surface area contributed by atoms with Crippen molar-refractivity contribution >= 4 is 5.78 Å². The molecule has 1 N–H and O–H groups in total. The van der Waals surface area contributed by atoms with Gasteiger partial charge in [-0.25, -0.2) is 0 Å². The van der Waals surface area contributed by atoms with E-state index in [1.54, 1.807) is 6.92 Å². The second kappa shape index (κ2) is 4.00. The summed E-state index contributed by atoms with van der Waals surface area (Å²) in [5, 5.41) is 10.2. The average Bonchev–Trinajstić information content (AvgIpc) is 2.78. The third kappa shape index (κ3) is 1.90. The van der Waals surface area contributed by atoms with Crippen LogP contribution in [0.25, 0.3) is 0 Å². The summed E-state index contributed by atoms with van der Waals surface area (Å²) in [5.74, 6) is -0.331. The van der Waals surface area contributed by atoms with Gasteiger partial charge in [-0.2, -0.15) is 0 Å². The zero-order valence-electron chi connectivity index (χ0n) is 11.1. The molecule has 18 heavy (non-hydrogen) atoms. The molecule has 3 rings (SSSR count). The van der Waals surface area contributed by atoms with Crippen LogP contribution >= 0.6 is 0 Å². The van der Waals surface area contributed by atoms with Gasteiger partial charge in [-0.1, -0.05) is 0 Å². The second-order valence-corrected chi connectivity index (χ2v) is 6.20. The van der Waals surface area contributed by atoms with E-state index in [-0.39, 0.29) is 30.0 Å². The van der Waals surface area contributed by atoms with Gasteiger partial charge in [-0.05, 0) is 27.2 Å². The molecule has 102 valence electrons. The molecule has 3 heterocycles. The number of carbonyl (C=O) groups is 1. The van der Waals surface area contributed by atoms with E-state index in [1.165, 1.54) is 0 Å². The van der Waals surface area contributed by atoms with Crippen molar-refractivity contribution < 1.29 is 19.4 Å². The first-order valence-corrected chi connectivity index (χ1v) is 6.65. The van der Waals surface area contributed by atoms with Gasteiger partial charge in [0.05, 0.1) is 6.10 Å². The fourth-order valence-electron chi connectivity index (χ4n) is 3.54. The van der Waals surface area contributed by atoms with Crippen LogP contribution in [0.4, 0.5) is 0 Å². The van der Waals surface area contributed by atoms with Crippen molar-refractivity contribution in [2.24, 2.45) is 5.92 Å². The van der Waals surface area contributed by atoms with Gasteiger partial charge in [-0.3, -0.25) is 9.69 Å². The van der Waals surface area contributed by atoms with E-state index in [4.69, 9.17) is 9.47 Å². The number of nitrogens with zero attached hydrogens (tertiary/aromatic N) is 1. The average molecular weight is 255 g/mol. The first-order valence-electron chi connectivity index (χ1n) is 6.65. The molecule has 0 radical (unpaired) electrons. The Morgan fingerprint density at radius 1 is 1.28 bits per heavy atom. The number of hydrogen-bond acceptors (Lipinski definition) is 5. The van der Waals surface area contributed by atoms with Crippen molar-refractivity contribution in [2.75, 3.05) is 13.1 Å². The molecular weight excluding hydrogens is 234 g/mol. The van der Waals surface area contributed by atoms with Crippen LogP contribution in [0.2, 0.25) is 0 Å². The predicted molar refractivity (Wildman–Crippen MR) is 64.0 cm³/mol. The molecule has 0 aliphatic carbocycles. The zero-order chi connectivity index (χ0) is 13.1. The number of ketones is 1. The van der Waals surface area contributed by atoms with Gasteiger partial charge in [0, 0.05) is 25.0 Å². The van der Waals surface area contributed by atoms with Crippen LogP contribution in [0.3, 0.4) is 0 Å². The lowest BCUT2D eigenvalue weighted by atomic mass is 9.92. The summed E-state index contributed by atoms with van der Waals surface area (Å²) in [4.78, 5) is 13.7. The quantitative estimate of drug-likeness (QED) is 0.723. The largest absolute Gasteiger partial charge is 0.389 e. The number of ether oxygens (including phenoxy) is 2. The van der Waals surface area contributed by atoms with Gasteiger partial charge in [0.2, 0.25) is 0 Å². The van der Waals surface area contributed by atoms with Gasteiger partial charge in [-0.15, -0.1) is 0 Å². The molecule has 5 atom stereocenters. The minimum Gasteiger partial charge on any atom is -0.389 e. The summed E-state index contributed by atoms with van der Waals surface area (Å²) >= 11 is 0. The number of carbonyl (C=O) groups excluding carboxylic acids is 1. The molecule has 5 heteroatoms. The summed E-state index contributed by atoms with van der Waals surface area (Å²) < 4.78 is 11.7. The lowest BCUT2D eigenvalue weighted by Gasteiger charge is -2.39. The molecule has 0 aromatic rings. The van der Waals surface area contributed by atoms with E-state index in [9.17, 15) is 9.90 Å². The highest BCUT2D eigenvalue weighted by Gasteiger charge is 2.55. The number of aliphatic hydroxyl groups is 1. The summed E-state index contributed by atoms with van der Waals surface area (Å²) in [6.07, 6.45) is -0.0818. The molecule has 0 aromatic carbocycles. The number of hydrogen-bond donors (Lipinski definition) is 1. The van der Waals surface area contributed by atoms with Crippen LogP contribution in [-0.4, -0.2) is 59.0 Å². The highest BCUT2D eigenvalue weighted by molar-refractivity contribution is 5.79. The molecule has 0 unspecified atom stereocenters. The molecule has 3 fully saturated rings.